The Balaban J connectivity index is 2.79. The monoisotopic (exact) mass is 188 g/mol. The molecule has 3 heteroatoms. The molecule has 0 aliphatic heterocycles. The van der Waals surface area contributed by atoms with Crippen molar-refractivity contribution >= 4 is 27.1 Å². The van der Waals surface area contributed by atoms with E-state index in [1.807, 2.05) is 25.1 Å². The van der Waals surface area contributed by atoms with E-state index in [1.54, 1.807) is 0 Å². The highest BCUT2D eigenvalue weighted by atomic mass is 32.1. The van der Waals surface area contributed by atoms with Crippen molar-refractivity contribution < 1.29 is 0 Å². The highest BCUT2D eigenvalue weighted by molar-refractivity contribution is 7.19. The van der Waals surface area contributed by atoms with Gasteiger partial charge in [0.1, 0.15) is 10.9 Å². The Morgan fingerprint density at radius 3 is 2.85 bits per heavy atom. The molecule has 0 amide bonds. The Morgan fingerprint density at radius 1 is 1.38 bits per heavy atom. The normalized spacial score (nSPS) is 10.2. The van der Waals surface area contributed by atoms with Gasteiger partial charge >= 0.3 is 0 Å². The van der Waals surface area contributed by atoms with Crippen LogP contribution in [0.2, 0.25) is 0 Å². The number of rotatable bonds is 0. The van der Waals surface area contributed by atoms with Crippen LogP contribution in [0, 0.1) is 18.3 Å². The lowest BCUT2D eigenvalue weighted by Crippen LogP contribution is -1.87. The molecule has 0 radical (unpaired) electrons. The summed E-state index contributed by atoms with van der Waals surface area (Å²) in [5.74, 6) is 0. The highest BCUT2D eigenvalue weighted by Gasteiger charge is 2.02. The molecule has 0 aliphatic carbocycles. The smallest absolute Gasteiger partial charge is 0.110 e. The van der Waals surface area contributed by atoms with E-state index < -0.39 is 0 Å². The van der Waals surface area contributed by atoms with Crippen LogP contribution in [0.15, 0.2) is 18.2 Å². The second-order valence-corrected chi connectivity index (χ2v) is 4.05. The number of hydrogen-bond donors (Lipinski definition) is 1. The summed E-state index contributed by atoms with van der Waals surface area (Å²) in [7, 11) is 0. The zero-order valence-electron chi connectivity index (χ0n) is 7.16. The fraction of sp³-hybridized carbons (Fsp3) is 0.100. The van der Waals surface area contributed by atoms with Crippen molar-refractivity contribution in [2.75, 3.05) is 5.73 Å². The van der Waals surface area contributed by atoms with Gasteiger partial charge in [0.2, 0.25) is 0 Å². The van der Waals surface area contributed by atoms with E-state index in [-0.39, 0.29) is 0 Å². The fourth-order valence-electron chi connectivity index (χ4n) is 1.26. The van der Waals surface area contributed by atoms with Crippen molar-refractivity contribution in [1.29, 1.82) is 5.26 Å². The first-order chi connectivity index (χ1) is 6.20. The second-order valence-electron chi connectivity index (χ2n) is 2.97. The van der Waals surface area contributed by atoms with Crippen molar-refractivity contribution in [2.45, 2.75) is 6.92 Å². The van der Waals surface area contributed by atoms with E-state index in [0.717, 1.165) is 26.2 Å². The van der Waals surface area contributed by atoms with Gasteiger partial charge in [0.15, 0.2) is 0 Å². The van der Waals surface area contributed by atoms with Crippen LogP contribution < -0.4 is 5.73 Å². The molecule has 1 aromatic carbocycles. The first kappa shape index (κ1) is 8.09. The summed E-state index contributed by atoms with van der Waals surface area (Å²) in [6, 6.07) is 7.95. The van der Waals surface area contributed by atoms with Gasteiger partial charge < -0.3 is 5.73 Å². The van der Waals surface area contributed by atoms with Gasteiger partial charge in [-0.2, -0.15) is 5.26 Å². The minimum Gasteiger partial charge on any atom is -0.398 e. The molecule has 0 unspecified atom stereocenters. The minimum absolute atomic E-state index is 0.736. The maximum Gasteiger partial charge on any atom is 0.110 e. The number of nitriles is 1. The summed E-state index contributed by atoms with van der Waals surface area (Å²) < 4.78 is 1.13. The molecule has 0 fully saturated rings. The number of anilines is 1. The van der Waals surface area contributed by atoms with Gasteiger partial charge in [0.05, 0.1) is 0 Å². The Kier molecular flexibility index (Phi) is 1.71. The molecule has 64 valence electrons. The molecule has 2 N–H and O–H groups in total. The Hall–Kier alpha value is -1.53. The van der Waals surface area contributed by atoms with Crippen LogP contribution in [0.5, 0.6) is 0 Å². The van der Waals surface area contributed by atoms with Crippen molar-refractivity contribution in [3.05, 3.63) is 28.6 Å². The average molecular weight is 188 g/mol. The van der Waals surface area contributed by atoms with Crippen LogP contribution >= 0.6 is 11.3 Å². The van der Waals surface area contributed by atoms with Crippen molar-refractivity contribution in [3.8, 4) is 6.07 Å². The van der Waals surface area contributed by atoms with Crippen LogP contribution in [0.1, 0.15) is 10.4 Å². The van der Waals surface area contributed by atoms with Gasteiger partial charge in [-0.25, -0.2) is 0 Å². The lowest BCUT2D eigenvalue weighted by atomic mass is 10.1. The van der Waals surface area contributed by atoms with E-state index >= 15 is 0 Å². The zero-order valence-corrected chi connectivity index (χ0v) is 7.98. The third-order valence-electron chi connectivity index (χ3n) is 2.02. The number of hydrogen-bond acceptors (Lipinski definition) is 3. The van der Waals surface area contributed by atoms with Gasteiger partial charge in [-0.05, 0) is 36.1 Å². The molecule has 1 heterocycles. The third kappa shape index (κ3) is 1.25. The van der Waals surface area contributed by atoms with Crippen LogP contribution in [0.25, 0.3) is 10.1 Å². The molecule has 0 aliphatic rings. The quantitative estimate of drug-likeness (QED) is 0.646. The summed E-state index contributed by atoms with van der Waals surface area (Å²) in [5, 5.41) is 9.77. The SMILES string of the molecule is Cc1cc2sc(C#N)cc2cc1N. The molecule has 2 rings (SSSR count). The topological polar surface area (TPSA) is 49.8 Å². The predicted octanol–water partition coefficient (Wildman–Crippen LogP) is 2.66. The minimum atomic E-state index is 0.736. The number of aryl methyl sites for hydroxylation is 1. The Morgan fingerprint density at radius 2 is 2.15 bits per heavy atom. The molecule has 1 aromatic heterocycles. The summed E-state index contributed by atoms with van der Waals surface area (Å²) in [4.78, 5) is 0.736. The Bertz CT molecular complexity index is 466. The maximum absolute atomic E-state index is 8.71. The van der Waals surface area contributed by atoms with Gasteiger partial charge in [-0.15, -0.1) is 11.3 Å². The fourth-order valence-corrected chi connectivity index (χ4v) is 2.20. The van der Waals surface area contributed by atoms with E-state index in [2.05, 4.69) is 6.07 Å². The number of nitrogen functional groups attached to an aromatic ring is 1. The van der Waals surface area contributed by atoms with E-state index in [0.29, 0.717) is 0 Å². The van der Waals surface area contributed by atoms with Crippen LogP contribution in [0.4, 0.5) is 5.69 Å². The number of fused-ring (bicyclic) bond motifs is 1. The first-order valence-electron chi connectivity index (χ1n) is 3.90. The van der Waals surface area contributed by atoms with Crippen LogP contribution in [-0.4, -0.2) is 0 Å². The molecule has 2 nitrogen and oxygen atoms in total. The van der Waals surface area contributed by atoms with Gasteiger partial charge in [0, 0.05) is 10.4 Å². The molecule has 0 saturated carbocycles. The molecule has 2 aromatic rings. The summed E-state index contributed by atoms with van der Waals surface area (Å²) in [6.45, 7) is 1.97. The van der Waals surface area contributed by atoms with Crippen LogP contribution in [-0.2, 0) is 0 Å². The highest BCUT2D eigenvalue weighted by Crippen LogP contribution is 2.28. The summed E-state index contributed by atoms with van der Waals surface area (Å²) in [6.07, 6.45) is 0. The van der Waals surface area contributed by atoms with E-state index in [9.17, 15) is 0 Å². The van der Waals surface area contributed by atoms with Crippen molar-refractivity contribution in [2.24, 2.45) is 0 Å². The number of benzene rings is 1. The largest absolute Gasteiger partial charge is 0.398 e. The number of nitrogens with two attached hydrogens (primary N) is 1. The first-order valence-corrected chi connectivity index (χ1v) is 4.72. The standard InChI is InChI=1S/C10H8N2S/c1-6-2-10-7(4-9(6)12)3-8(5-11)13-10/h2-4H,12H2,1H3. The number of nitrogens with zero attached hydrogens (tertiary/aromatic N) is 1. The third-order valence-corrected chi connectivity index (χ3v) is 3.02. The molecule has 13 heavy (non-hydrogen) atoms. The van der Waals surface area contributed by atoms with Crippen molar-refractivity contribution in [3.63, 3.8) is 0 Å². The van der Waals surface area contributed by atoms with Gasteiger partial charge in [-0.3, -0.25) is 0 Å². The second kappa shape index (κ2) is 2.75. The van der Waals surface area contributed by atoms with Gasteiger partial charge in [-0.1, -0.05) is 0 Å². The molecular formula is C10H8N2S. The van der Waals surface area contributed by atoms with Gasteiger partial charge in [0.25, 0.3) is 0 Å². The summed E-state index contributed by atoms with van der Waals surface area (Å²) in [5.41, 5.74) is 7.61. The average Bonchev–Trinajstić information content (AvgIpc) is 2.48. The summed E-state index contributed by atoms with van der Waals surface area (Å²) >= 11 is 1.50. The zero-order chi connectivity index (χ0) is 9.42. The molecule has 0 bridgehead atoms. The molecule has 0 spiro atoms. The lowest BCUT2D eigenvalue weighted by Gasteiger charge is -1.97. The maximum atomic E-state index is 8.71. The lowest BCUT2D eigenvalue weighted by molar-refractivity contribution is 1.51. The van der Waals surface area contributed by atoms with E-state index in [4.69, 9.17) is 11.0 Å². The molecular weight excluding hydrogens is 180 g/mol. The molecule has 0 saturated heterocycles. The number of thiophene rings is 1. The predicted molar refractivity (Wildman–Crippen MR) is 55.7 cm³/mol. The Labute approximate surface area is 80.2 Å². The molecule has 0 atom stereocenters. The van der Waals surface area contributed by atoms with Crippen LogP contribution in [0.3, 0.4) is 0 Å². The van der Waals surface area contributed by atoms with Crippen molar-refractivity contribution in [1.82, 2.24) is 0 Å². The van der Waals surface area contributed by atoms with E-state index in [1.165, 1.54) is 11.3 Å².